The Morgan fingerprint density at radius 3 is 2.38 bits per heavy atom. The van der Waals surface area contributed by atoms with Crippen LogP contribution in [-0.4, -0.2) is 24.5 Å². The molecule has 0 amide bonds. The van der Waals surface area contributed by atoms with Crippen LogP contribution in [0.25, 0.3) is 0 Å². The molecule has 0 spiro atoms. The molecule has 2 atom stereocenters. The molecule has 0 radical (unpaired) electrons. The van der Waals surface area contributed by atoms with Crippen molar-refractivity contribution < 1.29 is 13.5 Å². The van der Waals surface area contributed by atoms with Gasteiger partial charge in [0, 0.05) is 0 Å². The fourth-order valence-corrected chi connectivity index (χ4v) is 4.87. The van der Waals surface area contributed by atoms with Crippen molar-refractivity contribution in [2.75, 3.05) is 5.75 Å². The lowest BCUT2D eigenvalue weighted by molar-refractivity contribution is 0.164. The zero-order chi connectivity index (χ0) is 15.7. The fraction of sp³-hybridized carbons (Fsp3) is 0.647. The van der Waals surface area contributed by atoms with E-state index in [1.165, 1.54) is 5.56 Å². The van der Waals surface area contributed by atoms with Gasteiger partial charge < -0.3 is 5.11 Å². The van der Waals surface area contributed by atoms with E-state index in [1.807, 2.05) is 24.3 Å². The summed E-state index contributed by atoms with van der Waals surface area (Å²) in [5.41, 5.74) is 2.02. The lowest BCUT2D eigenvalue weighted by Crippen LogP contribution is -2.33. The van der Waals surface area contributed by atoms with Crippen molar-refractivity contribution >= 4 is 9.84 Å². The third-order valence-electron chi connectivity index (χ3n) is 4.90. The highest BCUT2D eigenvalue weighted by Gasteiger charge is 2.35. The molecular formula is C17H26O3S. The van der Waals surface area contributed by atoms with Crippen molar-refractivity contribution in [3.63, 3.8) is 0 Å². The number of hydrogen-bond acceptors (Lipinski definition) is 3. The molecule has 0 bridgehead atoms. The van der Waals surface area contributed by atoms with Gasteiger partial charge in [0.1, 0.15) is 0 Å². The van der Waals surface area contributed by atoms with Gasteiger partial charge in [-0.3, -0.25) is 0 Å². The first-order valence-corrected chi connectivity index (χ1v) is 9.49. The zero-order valence-corrected chi connectivity index (χ0v) is 14.0. The molecule has 1 aliphatic rings. The van der Waals surface area contributed by atoms with Crippen molar-refractivity contribution in [3.05, 3.63) is 35.4 Å². The minimum absolute atomic E-state index is 0.0976. The zero-order valence-electron chi connectivity index (χ0n) is 13.2. The highest BCUT2D eigenvalue weighted by Crippen LogP contribution is 2.32. The lowest BCUT2D eigenvalue weighted by atomic mass is 9.82. The molecule has 1 fully saturated rings. The van der Waals surface area contributed by atoms with Crippen LogP contribution < -0.4 is 0 Å². The Bertz CT molecular complexity index is 573. The quantitative estimate of drug-likeness (QED) is 0.927. The Kier molecular flexibility index (Phi) is 4.79. The second-order valence-electron chi connectivity index (χ2n) is 6.71. The van der Waals surface area contributed by atoms with Gasteiger partial charge in [-0.1, -0.05) is 51.5 Å². The predicted molar refractivity (Wildman–Crippen MR) is 86.1 cm³/mol. The van der Waals surface area contributed by atoms with Gasteiger partial charge in [0.05, 0.1) is 17.1 Å². The Balaban J connectivity index is 2.22. The third kappa shape index (κ3) is 3.49. The summed E-state index contributed by atoms with van der Waals surface area (Å²) in [5.74, 6) is 0.204. The van der Waals surface area contributed by atoms with Crippen molar-refractivity contribution in [1.82, 2.24) is 0 Å². The van der Waals surface area contributed by atoms with E-state index in [-0.39, 0.29) is 11.2 Å². The number of sulfone groups is 1. The number of benzene rings is 1. The second-order valence-corrected chi connectivity index (χ2v) is 9.04. The normalized spacial score (nSPS) is 23.7. The molecular weight excluding hydrogens is 284 g/mol. The summed E-state index contributed by atoms with van der Waals surface area (Å²) in [7, 11) is -3.16. The van der Waals surface area contributed by atoms with E-state index in [0.717, 1.165) is 19.3 Å². The van der Waals surface area contributed by atoms with Crippen LogP contribution in [0.1, 0.15) is 63.7 Å². The third-order valence-corrected chi connectivity index (χ3v) is 7.17. The van der Waals surface area contributed by atoms with E-state index < -0.39 is 21.2 Å². The average molecular weight is 310 g/mol. The SMILES string of the molecule is CCC(C)(C)c1ccc(C(O)C2CCCCS2(=O)=O)cc1. The molecule has 21 heavy (non-hydrogen) atoms. The van der Waals surface area contributed by atoms with E-state index in [0.29, 0.717) is 12.0 Å². The van der Waals surface area contributed by atoms with Gasteiger partial charge in [-0.25, -0.2) is 8.42 Å². The number of aliphatic hydroxyl groups excluding tert-OH is 1. The summed E-state index contributed by atoms with van der Waals surface area (Å²) in [6, 6.07) is 7.78. The van der Waals surface area contributed by atoms with E-state index >= 15 is 0 Å². The van der Waals surface area contributed by atoms with E-state index in [4.69, 9.17) is 0 Å². The van der Waals surface area contributed by atoms with E-state index in [1.54, 1.807) is 0 Å². The smallest absolute Gasteiger partial charge is 0.156 e. The molecule has 0 saturated carbocycles. The van der Waals surface area contributed by atoms with Crippen LogP contribution in [-0.2, 0) is 15.3 Å². The maximum absolute atomic E-state index is 12.1. The molecule has 0 aliphatic carbocycles. The Morgan fingerprint density at radius 2 is 1.86 bits per heavy atom. The van der Waals surface area contributed by atoms with Gasteiger partial charge >= 0.3 is 0 Å². The van der Waals surface area contributed by atoms with Crippen LogP contribution in [0, 0.1) is 0 Å². The van der Waals surface area contributed by atoms with Gasteiger partial charge in [0.25, 0.3) is 0 Å². The first-order chi connectivity index (χ1) is 9.78. The van der Waals surface area contributed by atoms with Crippen molar-refractivity contribution in [2.24, 2.45) is 0 Å². The standard InChI is InChI=1S/C17H26O3S/c1-4-17(2,3)14-10-8-13(9-11-14)16(18)15-7-5-6-12-21(15,19)20/h8-11,15-16,18H,4-7,12H2,1-3H3. The van der Waals surface area contributed by atoms with Gasteiger partial charge in [0.15, 0.2) is 9.84 Å². The molecule has 1 N–H and O–H groups in total. The summed E-state index contributed by atoms with van der Waals surface area (Å²) in [4.78, 5) is 0. The largest absolute Gasteiger partial charge is 0.387 e. The molecule has 3 nitrogen and oxygen atoms in total. The second kappa shape index (κ2) is 6.09. The van der Waals surface area contributed by atoms with Crippen molar-refractivity contribution in [3.8, 4) is 0 Å². The Morgan fingerprint density at radius 1 is 1.24 bits per heavy atom. The maximum Gasteiger partial charge on any atom is 0.156 e. The van der Waals surface area contributed by atoms with Gasteiger partial charge in [-0.15, -0.1) is 0 Å². The van der Waals surface area contributed by atoms with Crippen LogP contribution in [0.4, 0.5) is 0 Å². The summed E-state index contributed by atoms with van der Waals surface area (Å²) in [5, 5.41) is 9.81. The molecule has 4 heteroatoms. The fourth-order valence-electron chi connectivity index (χ4n) is 2.88. The number of hydrogen-bond donors (Lipinski definition) is 1. The highest BCUT2D eigenvalue weighted by atomic mass is 32.2. The molecule has 1 saturated heterocycles. The van der Waals surface area contributed by atoms with E-state index in [2.05, 4.69) is 20.8 Å². The van der Waals surface area contributed by atoms with Crippen LogP contribution in [0.3, 0.4) is 0 Å². The predicted octanol–water partition coefficient (Wildman–Crippen LogP) is 3.37. The van der Waals surface area contributed by atoms with Crippen molar-refractivity contribution in [2.45, 2.75) is 63.2 Å². The summed E-state index contributed by atoms with van der Waals surface area (Å²) in [6.45, 7) is 6.52. The maximum atomic E-state index is 12.1. The number of aliphatic hydroxyl groups is 1. The van der Waals surface area contributed by atoms with Gasteiger partial charge in [0.2, 0.25) is 0 Å². The minimum Gasteiger partial charge on any atom is -0.387 e. The van der Waals surface area contributed by atoms with Crippen LogP contribution in [0.15, 0.2) is 24.3 Å². The molecule has 0 aromatic heterocycles. The molecule has 1 aromatic carbocycles. The number of rotatable bonds is 4. The highest BCUT2D eigenvalue weighted by molar-refractivity contribution is 7.92. The average Bonchev–Trinajstić information content (AvgIpc) is 2.46. The molecule has 1 aliphatic heterocycles. The minimum atomic E-state index is -3.16. The van der Waals surface area contributed by atoms with Crippen molar-refractivity contribution in [1.29, 1.82) is 0 Å². The van der Waals surface area contributed by atoms with Crippen LogP contribution in [0.2, 0.25) is 0 Å². The van der Waals surface area contributed by atoms with Gasteiger partial charge in [-0.05, 0) is 35.8 Å². The summed E-state index contributed by atoms with van der Waals surface area (Å²) >= 11 is 0. The lowest BCUT2D eigenvalue weighted by Gasteiger charge is -2.28. The summed E-state index contributed by atoms with van der Waals surface area (Å²) < 4.78 is 24.2. The molecule has 1 aromatic rings. The first kappa shape index (κ1) is 16.5. The molecule has 1 heterocycles. The summed E-state index contributed by atoms with van der Waals surface area (Å²) in [6.07, 6.45) is 2.28. The molecule has 2 unspecified atom stereocenters. The topological polar surface area (TPSA) is 54.4 Å². The monoisotopic (exact) mass is 310 g/mol. The molecule has 2 rings (SSSR count). The molecule has 118 valence electrons. The van der Waals surface area contributed by atoms with Crippen LogP contribution in [0.5, 0.6) is 0 Å². The Hall–Kier alpha value is -0.870. The van der Waals surface area contributed by atoms with E-state index in [9.17, 15) is 13.5 Å². The Labute approximate surface area is 128 Å². The van der Waals surface area contributed by atoms with Crippen LogP contribution >= 0.6 is 0 Å². The first-order valence-electron chi connectivity index (χ1n) is 7.78. The van der Waals surface area contributed by atoms with Gasteiger partial charge in [-0.2, -0.15) is 0 Å².